The van der Waals surface area contributed by atoms with Gasteiger partial charge in [-0.1, -0.05) is 12.8 Å². The van der Waals surface area contributed by atoms with E-state index in [1.807, 2.05) is 6.92 Å². The molecule has 4 heteroatoms. The minimum Gasteiger partial charge on any atom is -0.323 e. The van der Waals surface area contributed by atoms with Gasteiger partial charge in [-0.05, 0) is 6.42 Å². The first-order valence-corrected chi connectivity index (χ1v) is 3.30. The van der Waals surface area contributed by atoms with Crippen LogP contribution < -0.4 is 10.8 Å². The smallest absolute Gasteiger partial charge is 0.323 e. The summed E-state index contributed by atoms with van der Waals surface area (Å²) >= 11 is 0. The lowest BCUT2D eigenvalue weighted by molar-refractivity contribution is 0.107. The van der Waals surface area contributed by atoms with Crippen LogP contribution in [0, 0.1) is 12.3 Å². The zero-order valence-electron chi connectivity index (χ0n) is 6.68. The van der Waals surface area contributed by atoms with Crippen molar-refractivity contribution in [3.05, 3.63) is 0 Å². The van der Waals surface area contributed by atoms with Gasteiger partial charge in [0.25, 0.3) is 0 Å². The first kappa shape index (κ1) is 9.79. The van der Waals surface area contributed by atoms with Gasteiger partial charge in [-0.25, -0.2) is 10.3 Å². The lowest BCUT2D eigenvalue weighted by Gasteiger charge is -2.09. The van der Waals surface area contributed by atoms with E-state index in [-0.39, 0.29) is 6.04 Å². The molecule has 1 unspecified atom stereocenters. The van der Waals surface area contributed by atoms with Crippen molar-refractivity contribution in [3.63, 3.8) is 0 Å². The van der Waals surface area contributed by atoms with Crippen LogP contribution in [0.4, 0.5) is 4.79 Å². The Hall–Kier alpha value is -1.21. The monoisotopic (exact) mass is 156 g/mol. The summed E-state index contributed by atoms with van der Waals surface area (Å²) in [5, 5.41) is 2.51. The maximum atomic E-state index is 10.7. The Morgan fingerprint density at radius 1 is 1.82 bits per heavy atom. The number of nitrogens with one attached hydrogen (secondary N) is 2. The molecule has 0 radical (unpaired) electrons. The summed E-state index contributed by atoms with van der Waals surface area (Å²) in [6, 6.07) is -0.651. The maximum absolute atomic E-state index is 10.7. The van der Waals surface area contributed by atoms with E-state index in [2.05, 4.69) is 21.6 Å². The Balaban J connectivity index is 3.65. The van der Waals surface area contributed by atoms with Gasteiger partial charge in [-0.2, -0.15) is 0 Å². The molecule has 11 heavy (non-hydrogen) atoms. The molecular weight excluding hydrogens is 144 g/mol. The molecule has 0 saturated carbocycles. The average Bonchev–Trinajstić information content (AvgIpc) is 2.01. The summed E-state index contributed by atoms with van der Waals surface area (Å²) < 4.78 is 0. The molecule has 0 aromatic rings. The van der Waals surface area contributed by atoms with Crippen LogP contribution in [0.15, 0.2) is 0 Å². The molecule has 1 atom stereocenters. The quantitative estimate of drug-likeness (QED) is 0.455. The third kappa shape index (κ3) is 4.23. The number of urea groups is 1. The predicted octanol–water partition coefficient (Wildman–Crippen LogP) is 0.259. The second-order valence-electron chi connectivity index (χ2n) is 1.91. The molecule has 0 aliphatic rings. The third-order valence-electron chi connectivity index (χ3n) is 1.11. The molecular formula is C7H12N2O2. The van der Waals surface area contributed by atoms with E-state index in [1.165, 1.54) is 7.11 Å². The van der Waals surface area contributed by atoms with Crippen molar-refractivity contribution in [1.82, 2.24) is 10.8 Å². The van der Waals surface area contributed by atoms with Gasteiger partial charge in [0.2, 0.25) is 0 Å². The first-order valence-electron chi connectivity index (χ1n) is 3.30. The highest BCUT2D eigenvalue weighted by atomic mass is 16.6. The van der Waals surface area contributed by atoms with Crippen molar-refractivity contribution in [2.24, 2.45) is 0 Å². The van der Waals surface area contributed by atoms with E-state index < -0.39 is 6.03 Å². The summed E-state index contributed by atoms with van der Waals surface area (Å²) in [5.74, 6) is 2.41. The summed E-state index contributed by atoms with van der Waals surface area (Å²) in [4.78, 5) is 15.1. The molecule has 2 N–H and O–H groups in total. The van der Waals surface area contributed by atoms with Crippen LogP contribution in [-0.4, -0.2) is 19.2 Å². The summed E-state index contributed by atoms with van der Waals surface area (Å²) in [6.07, 6.45) is 5.80. The van der Waals surface area contributed by atoms with Crippen molar-refractivity contribution in [2.45, 2.75) is 19.4 Å². The highest BCUT2D eigenvalue weighted by Crippen LogP contribution is 1.86. The van der Waals surface area contributed by atoms with Crippen molar-refractivity contribution in [3.8, 4) is 12.3 Å². The second kappa shape index (κ2) is 5.57. The Labute approximate surface area is 66.3 Å². The first-order chi connectivity index (χ1) is 5.24. The number of carbonyl (C=O) groups is 1. The molecule has 62 valence electrons. The minimum absolute atomic E-state index is 0.231. The number of hydroxylamine groups is 1. The predicted molar refractivity (Wildman–Crippen MR) is 41.6 cm³/mol. The van der Waals surface area contributed by atoms with Crippen molar-refractivity contribution < 1.29 is 9.63 Å². The number of carbonyl (C=O) groups excluding carboxylic acids is 1. The summed E-state index contributed by atoms with van der Waals surface area (Å²) in [6.45, 7) is 1.89. The molecule has 4 nitrogen and oxygen atoms in total. The number of terminal acetylenes is 1. The molecule has 2 amide bonds. The van der Waals surface area contributed by atoms with E-state index in [9.17, 15) is 4.79 Å². The number of amides is 2. The Bertz CT molecular complexity index is 162. The number of hydrogen-bond donors (Lipinski definition) is 2. The average molecular weight is 156 g/mol. The number of rotatable bonds is 3. The molecule has 0 aliphatic carbocycles. The zero-order chi connectivity index (χ0) is 8.69. The molecule has 0 aromatic carbocycles. The summed E-state index contributed by atoms with van der Waals surface area (Å²) in [7, 11) is 1.36. The zero-order valence-corrected chi connectivity index (χ0v) is 6.68. The molecule has 0 bridgehead atoms. The lowest BCUT2D eigenvalue weighted by Crippen LogP contribution is -2.40. The SMILES string of the molecule is C#CC(CC)NC(=O)NOC. The van der Waals surface area contributed by atoms with E-state index in [0.29, 0.717) is 6.42 Å². The van der Waals surface area contributed by atoms with Crippen LogP contribution in [0.3, 0.4) is 0 Å². The highest BCUT2D eigenvalue weighted by Gasteiger charge is 2.04. The lowest BCUT2D eigenvalue weighted by atomic mass is 10.2. The van der Waals surface area contributed by atoms with Crippen molar-refractivity contribution in [2.75, 3.05) is 7.11 Å². The number of hydrogen-bond acceptors (Lipinski definition) is 2. The van der Waals surface area contributed by atoms with Crippen molar-refractivity contribution >= 4 is 6.03 Å². The van der Waals surface area contributed by atoms with E-state index >= 15 is 0 Å². The van der Waals surface area contributed by atoms with Crippen LogP contribution in [0.5, 0.6) is 0 Å². The van der Waals surface area contributed by atoms with Gasteiger partial charge in [0.05, 0.1) is 13.2 Å². The van der Waals surface area contributed by atoms with Gasteiger partial charge in [0.1, 0.15) is 0 Å². The molecule has 0 fully saturated rings. The standard InChI is InChI=1S/C7H12N2O2/c1-4-6(5-2)8-7(10)9-11-3/h1,6H,5H2,2-3H3,(H2,8,9,10). The normalized spacial score (nSPS) is 11.4. The summed E-state index contributed by atoms with van der Waals surface area (Å²) in [5.41, 5.74) is 2.10. The topological polar surface area (TPSA) is 50.4 Å². The van der Waals surface area contributed by atoms with Crippen LogP contribution in [0.2, 0.25) is 0 Å². The molecule has 0 aliphatic heterocycles. The molecule has 0 heterocycles. The van der Waals surface area contributed by atoms with Gasteiger partial charge < -0.3 is 5.32 Å². The highest BCUT2D eigenvalue weighted by molar-refractivity contribution is 5.73. The Morgan fingerprint density at radius 2 is 2.45 bits per heavy atom. The fraction of sp³-hybridized carbons (Fsp3) is 0.571. The Kier molecular flexibility index (Phi) is 4.95. The van der Waals surface area contributed by atoms with E-state index in [1.54, 1.807) is 0 Å². The van der Waals surface area contributed by atoms with Crippen LogP contribution in [0.1, 0.15) is 13.3 Å². The van der Waals surface area contributed by atoms with Crippen LogP contribution in [0.25, 0.3) is 0 Å². The van der Waals surface area contributed by atoms with Crippen LogP contribution >= 0.6 is 0 Å². The minimum atomic E-state index is -0.419. The van der Waals surface area contributed by atoms with Gasteiger partial charge in [-0.3, -0.25) is 4.84 Å². The third-order valence-corrected chi connectivity index (χ3v) is 1.11. The van der Waals surface area contributed by atoms with Gasteiger partial charge in [0, 0.05) is 0 Å². The van der Waals surface area contributed by atoms with Gasteiger partial charge >= 0.3 is 6.03 Å². The maximum Gasteiger partial charge on any atom is 0.339 e. The van der Waals surface area contributed by atoms with E-state index in [0.717, 1.165) is 0 Å². The fourth-order valence-corrected chi connectivity index (χ4v) is 0.542. The van der Waals surface area contributed by atoms with E-state index in [4.69, 9.17) is 6.42 Å². The second-order valence-corrected chi connectivity index (χ2v) is 1.91. The molecule has 0 aromatic heterocycles. The van der Waals surface area contributed by atoms with Crippen molar-refractivity contribution in [1.29, 1.82) is 0 Å². The molecule has 0 rings (SSSR count). The van der Waals surface area contributed by atoms with Gasteiger partial charge in [0.15, 0.2) is 0 Å². The van der Waals surface area contributed by atoms with Gasteiger partial charge in [-0.15, -0.1) is 6.42 Å². The van der Waals surface area contributed by atoms with Crippen LogP contribution in [-0.2, 0) is 4.84 Å². The molecule has 0 spiro atoms. The fourth-order valence-electron chi connectivity index (χ4n) is 0.542. The Morgan fingerprint density at radius 3 is 2.82 bits per heavy atom. The largest absolute Gasteiger partial charge is 0.339 e. The molecule has 0 saturated heterocycles.